The number of nitrogens with zero attached hydrogens (tertiary/aromatic N) is 4. The lowest BCUT2D eigenvalue weighted by atomic mass is 10.0. The summed E-state index contributed by atoms with van der Waals surface area (Å²) in [4.78, 5) is 34.9. The van der Waals surface area contributed by atoms with Gasteiger partial charge in [-0.1, -0.05) is 12.1 Å². The Bertz CT molecular complexity index is 901. The molecule has 0 saturated carbocycles. The Kier molecular flexibility index (Phi) is 5.64. The SMILES string of the molecule is CC1CCCCN1C(=O)CCn1c(=O)c(N2CCCCC2)nc2ccccc21. The number of fused-ring (bicyclic) bond motifs is 1. The summed E-state index contributed by atoms with van der Waals surface area (Å²) >= 11 is 0. The van der Waals surface area contributed by atoms with Crippen molar-refractivity contribution in [2.45, 2.75) is 64.5 Å². The molecule has 1 unspecified atom stereocenters. The smallest absolute Gasteiger partial charge is 0.294 e. The Morgan fingerprint density at radius 2 is 1.82 bits per heavy atom. The van der Waals surface area contributed by atoms with E-state index >= 15 is 0 Å². The zero-order chi connectivity index (χ0) is 19.5. The summed E-state index contributed by atoms with van der Waals surface area (Å²) in [6, 6.07) is 8.06. The maximum absolute atomic E-state index is 13.3. The number of likely N-dealkylation sites (tertiary alicyclic amines) is 1. The van der Waals surface area contributed by atoms with Crippen molar-refractivity contribution in [3.63, 3.8) is 0 Å². The molecule has 0 spiro atoms. The fourth-order valence-corrected chi connectivity index (χ4v) is 4.53. The zero-order valence-electron chi connectivity index (χ0n) is 16.8. The largest absolute Gasteiger partial charge is 0.352 e. The highest BCUT2D eigenvalue weighted by Gasteiger charge is 2.24. The van der Waals surface area contributed by atoms with E-state index in [1.165, 1.54) is 12.8 Å². The topological polar surface area (TPSA) is 58.4 Å². The highest BCUT2D eigenvalue weighted by atomic mass is 16.2. The van der Waals surface area contributed by atoms with Crippen LogP contribution in [0.2, 0.25) is 0 Å². The molecule has 1 aromatic heterocycles. The van der Waals surface area contributed by atoms with E-state index in [0.717, 1.165) is 56.4 Å². The van der Waals surface area contributed by atoms with Crippen LogP contribution >= 0.6 is 0 Å². The number of benzene rings is 1. The number of aryl methyl sites for hydroxylation is 1. The zero-order valence-corrected chi connectivity index (χ0v) is 16.8. The molecule has 1 aromatic carbocycles. The van der Waals surface area contributed by atoms with Crippen LogP contribution in [-0.2, 0) is 11.3 Å². The Morgan fingerprint density at radius 1 is 1.07 bits per heavy atom. The molecule has 0 radical (unpaired) electrons. The first-order valence-electron chi connectivity index (χ1n) is 10.7. The molecule has 2 saturated heterocycles. The van der Waals surface area contributed by atoms with E-state index < -0.39 is 0 Å². The van der Waals surface area contributed by atoms with Crippen molar-refractivity contribution in [3.05, 3.63) is 34.6 Å². The van der Waals surface area contributed by atoms with E-state index in [1.807, 2.05) is 29.2 Å². The van der Waals surface area contributed by atoms with Gasteiger partial charge in [0.1, 0.15) is 0 Å². The second-order valence-electron chi connectivity index (χ2n) is 8.11. The van der Waals surface area contributed by atoms with E-state index in [0.29, 0.717) is 24.8 Å². The van der Waals surface area contributed by atoms with Crippen molar-refractivity contribution in [1.82, 2.24) is 14.5 Å². The average molecular weight is 383 g/mol. The molecule has 4 rings (SSSR count). The lowest BCUT2D eigenvalue weighted by Gasteiger charge is -2.33. The third-order valence-electron chi connectivity index (χ3n) is 6.16. The van der Waals surface area contributed by atoms with E-state index in [1.54, 1.807) is 4.57 Å². The molecule has 2 aliphatic heterocycles. The van der Waals surface area contributed by atoms with E-state index in [2.05, 4.69) is 16.8 Å². The molecule has 28 heavy (non-hydrogen) atoms. The molecule has 1 atom stereocenters. The Hall–Kier alpha value is -2.37. The van der Waals surface area contributed by atoms with Gasteiger partial charge in [-0.3, -0.25) is 9.59 Å². The number of hydrogen-bond donors (Lipinski definition) is 0. The minimum atomic E-state index is -0.0694. The van der Waals surface area contributed by atoms with Gasteiger partial charge in [-0.05, 0) is 57.6 Å². The summed E-state index contributed by atoms with van der Waals surface area (Å²) in [5.41, 5.74) is 1.56. The lowest BCUT2D eigenvalue weighted by molar-refractivity contribution is -0.134. The molecule has 1 amide bonds. The van der Waals surface area contributed by atoms with Gasteiger partial charge in [0.15, 0.2) is 5.82 Å². The highest BCUT2D eigenvalue weighted by Crippen LogP contribution is 2.20. The summed E-state index contributed by atoms with van der Waals surface area (Å²) in [7, 11) is 0. The fraction of sp³-hybridized carbons (Fsp3) is 0.591. The van der Waals surface area contributed by atoms with Crippen LogP contribution in [0.25, 0.3) is 11.0 Å². The number of amides is 1. The quantitative estimate of drug-likeness (QED) is 0.815. The Morgan fingerprint density at radius 3 is 2.61 bits per heavy atom. The van der Waals surface area contributed by atoms with E-state index in [9.17, 15) is 9.59 Å². The molecular weight excluding hydrogens is 352 g/mol. The molecular formula is C22H30N4O2. The maximum Gasteiger partial charge on any atom is 0.294 e. The third kappa shape index (κ3) is 3.77. The molecule has 150 valence electrons. The summed E-state index contributed by atoms with van der Waals surface area (Å²) in [6.45, 7) is 5.13. The summed E-state index contributed by atoms with van der Waals surface area (Å²) in [5.74, 6) is 0.691. The Balaban J connectivity index is 1.62. The number of aromatic nitrogens is 2. The highest BCUT2D eigenvalue weighted by molar-refractivity contribution is 5.78. The van der Waals surface area contributed by atoms with E-state index in [4.69, 9.17) is 0 Å². The van der Waals surface area contributed by atoms with E-state index in [-0.39, 0.29) is 11.5 Å². The van der Waals surface area contributed by atoms with Crippen LogP contribution in [0.3, 0.4) is 0 Å². The molecule has 0 bridgehead atoms. The monoisotopic (exact) mass is 382 g/mol. The fourth-order valence-electron chi connectivity index (χ4n) is 4.53. The number of anilines is 1. The molecule has 0 aliphatic carbocycles. The van der Waals surface area contributed by atoms with Crippen LogP contribution in [0.5, 0.6) is 0 Å². The van der Waals surface area contributed by atoms with Crippen molar-refractivity contribution in [1.29, 1.82) is 0 Å². The van der Waals surface area contributed by atoms with Gasteiger partial charge >= 0.3 is 0 Å². The van der Waals surface area contributed by atoms with Crippen molar-refractivity contribution >= 4 is 22.8 Å². The number of carbonyl (C=O) groups excluding carboxylic acids is 1. The van der Waals surface area contributed by atoms with Crippen LogP contribution in [0.1, 0.15) is 51.9 Å². The van der Waals surface area contributed by atoms with Gasteiger partial charge in [0.2, 0.25) is 5.91 Å². The first kappa shape index (κ1) is 19.0. The second-order valence-corrected chi connectivity index (χ2v) is 8.11. The number of hydrogen-bond acceptors (Lipinski definition) is 4. The van der Waals surface area contributed by atoms with Gasteiger partial charge in [0.25, 0.3) is 5.56 Å². The lowest BCUT2D eigenvalue weighted by Crippen LogP contribution is -2.43. The van der Waals surface area contributed by atoms with Crippen LogP contribution in [0.4, 0.5) is 5.82 Å². The first-order valence-corrected chi connectivity index (χ1v) is 10.7. The summed E-state index contributed by atoms with van der Waals surface area (Å²) in [6.07, 6.45) is 7.10. The minimum absolute atomic E-state index is 0.0694. The average Bonchev–Trinajstić information content (AvgIpc) is 2.73. The number of rotatable bonds is 4. The van der Waals surface area contributed by atoms with Crippen LogP contribution in [0.15, 0.2) is 29.1 Å². The van der Waals surface area contributed by atoms with Crippen LogP contribution in [0, 0.1) is 0 Å². The number of carbonyl (C=O) groups is 1. The van der Waals surface area contributed by atoms with Gasteiger partial charge in [-0.15, -0.1) is 0 Å². The normalized spacial score (nSPS) is 20.5. The molecule has 2 aromatic rings. The van der Waals surface area contributed by atoms with Crippen LogP contribution < -0.4 is 10.5 Å². The van der Waals surface area contributed by atoms with Gasteiger partial charge in [0, 0.05) is 38.6 Å². The third-order valence-corrected chi connectivity index (χ3v) is 6.16. The van der Waals surface area contributed by atoms with Gasteiger partial charge in [0.05, 0.1) is 11.0 Å². The number of piperidine rings is 2. The molecule has 2 aliphatic rings. The first-order chi connectivity index (χ1) is 13.6. The van der Waals surface area contributed by atoms with Crippen molar-refractivity contribution in [3.8, 4) is 0 Å². The Labute approximate surface area is 166 Å². The summed E-state index contributed by atoms with van der Waals surface area (Å²) in [5, 5.41) is 0. The molecule has 0 N–H and O–H groups in total. The second kappa shape index (κ2) is 8.33. The predicted octanol–water partition coefficient (Wildman–Crippen LogP) is 3.18. The van der Waals surface area contributed by atoms with Gasteiger partial charge < -0.3 is 14.4 Å². The predicted molar refractivity (Wildman–Crippen MR) is 112 cm³/mol. The molecule has 6 heteroatoms. The van der Waals surface area contributed by atoms with Gasteiger partial charge in [-0.2, -0.15) is 0 Å². The standard InChI is InChI=1S/C22H30N4O2/c1-17-9-5-8-15-25(17)20(27)12-16-26-19-11-4-3-10-18(19)23-21(22(26)28)24-13-6-2-7-14-24/h3-4,10-11,17H,2,5-9,12-16H2,1H3. The van der Waals surface area contributed by atoms with Crippen molar-refractivity contribution in [2.75, 3.05) is 24.5 Å². The van der Waals surface area contributed by atoms with Gasteiger partial charge in [-0.25, -0.2) is 4.98 Å². The summed E-state index contributed by atoms with van der Waals surface area (Å²) < 4.78 is 1.76. The maximum atomic E-state index is 13.3. The van der Waals surface area contributed by atoms with Crippen molar-refractivity contribution < 1.29 is 4.79 Å². The molecule has 2 fully saturated rings. The number of para-hydroxylation sites is 2. The molecule has 3 heterocycles. The van der Waals surface area contributed by atoms with Crippen LogP contribution in [-0.4, -0.2) is 46.0 Å². The minimum Gasteiger partial charge on any atom is -0.352 e. The molecule has 6 nitrogen and oxygen atoms in total. The van der Waals surface area contributed by atoms with Crippen molar-refractivity contribution in [2.24, 2.45) is 0 Å².